The van der Waals surface area contributed by atoms with Crippen molar-refractivity contribution in [1.29, 1.82) is 0 Å². The van der Waals surface area contributed by atoms with Crippen molar-refractivity contribution in [2.75, 3.05) is 6.54 Å². The van der Waals surface area contributed by atoms with E-state index < -0.39 is 29.9 Å². The van der Waals surface area contributed by atoms with Gasteiger partial charge < -0.3 is 25.0 Å². The molecule has 1 aliphatic rings. The van der Waals surface area contributed by atoms with Gasteiger partial charge >= 0.3 is 12.1 Å². The van der Waals surface area contributed by atoms with Crippen LogP contribution in [0.4, 0.5) is 4.79 Å². The van der Waals surface area contributed by atoms with Gasteiger partial charge in [0.25, 0.3) is 0 Å². The highest BCUT2D eigenvalue weighted by Crippen LogP contribution is 2.26. The molecule has 7 heteroatoms. The number of carbonyl (C=O) groups is 2. The molecular weight excluding hydrogens is 314 g/mol. The molecular formula is C17H23NO6. The molecule has 1 heterocycles. The van der Waals surface area contributed by atoms with Gasteiger partial charge in [0, 0.05) is 12.1 Å². The Balaban J connectivity index is 1.86. The molecule has 0 aliphatic carbocycles. The van der Waals surface area contributed by atoms with Gasteiger partial charge in [0.1, 0.15) is 18.3 Å². The Labute approximate surface area is 140 Å². The predicted molar refractivity (Wildman–Crippen MR) is 85.4 cm³/mol. The fraction of sp³-hybridized carbons (Fsp3) is 0.529. The average Bonchev–Trinajstić information content (AvgIpc) is 2.85. The van der Waals surface area contributed by atoms with Crippen LogP contribution in [0.5, 0.6) is 0 Å². The van der Waals surface area contributed by atoms with Gasteiger partial charge in [-0.25, -0.2) is 9.59 Å². The van der Waals surface area contributed by atoms with Crippen LogP contribution in [0.25, 0.3) is 0 Å². The van der Waals surface area contributed by atoms with Crippen molar-refractivity contribution in [3.8, 4) is 0 Å². The molecule has 132 valence electrons. The molecule has 24 heavy (non-hydrogen) atoms. The van der Waals surface area contributed by atoms with Crippen LogP contribution >= 0.6 is 0 Å². The highest BCUT2D eigenvalue weighted by atomic mass is 16.6. The summed E-state index contributed by atoms with van der Waals surface area (Å²) >= 11 is 0. The maximum Gasteiger partial charge on any atom is 0.407 e. The quantitative estimate of drug-likeness (QED) is 0.706. The minimum Gasteiger partial charge on any atom is -0.457 e. The van der Waals surface area contributed by atoms with Crippen molar-refractivity contribution in [2.24, 2.45) is 0 Å². The van der Waals surface area contributed by atoms with Crippen molar-refractivity contribution in [2.45, 2.75) is 51.6 Å². The fourth-order valence-electron chi connectivity index (χ4n) is 2.33. The van der Waals surface area contributed by atoms with E-state index in [0.29, 0.717) is 11.1 Å². The summed E-state index contributed by atoms with van der Waals surface area (Å²) in [5, 5.41) is 22.8. The Morgan fingerprint density at radius 2 is 2.08 bits per heavy atom. The Bertz CT molecular complexity index is 622. The maximum absolute atomic E-state index is 11.5. The van der Waals surface area contributed by atoms with E-state index >= 15 is 0 Å². The van der Waals surface area contributed by atoms with Gasteiger partial charge in [-0.15, -0.1) is 0 Å². The summed E-state index contributed by atoms with van der Waals surface area (Å²) in [6, 6.07) is 4.88. The number of aliphatic hydroxyl groups is 2. The summed E-state index contributed by atoms with van der Waals surface area (Å²) in [7, 11) is 0. The second-order valence-corrected chi connectivity index (χ2v) is 6.72. The van der Waals surface area contributed by atoms with Crippen molar-refractivity contribution in [1.82, 2.24) is 5.32 Å². The third-order valence-corrected chi connectivity index (χ3v) is 3.53. The number of nitrogens with one attached hydrogen (secondary N) is 1. The van der Waals surface area contributed by atoms with E-state index in [0.717, 1.165) is 5.56 Å². The highest BCUT2D eigenvalue weighted by Gasteiger charge is 2.25. The van der Waals surface area contributed by atoms with Gasteiger partial charge in [-0.1, -0.05) is 12.1 Å². The lowest BCUT2D eigenvalue weighted by atomic mass is 9.98. The zero-order valence-electron chi connectivity index (χ0n) is 14.0. The van der Waals surface area contributed by atoms with Crippen LogP contribution in [0.2, 0.25) is 0 Å². The number of alkyl carbamates (subject to hydrolysis) is 1. The molecule has 2 atom stereocenters. The normalized spacial score (nSPS) is 16.1. The summed E-state index contributed by atoms with van der Waals surface area (Å²) in [5.74, 6) is -0.430. The van der Waals surface area contributed by atoms with Crippen molar-refractivity contribution in [3.05, 3.63) is 34.9 Å². The molecule has 0 spiro atoms. The SMILES string of the molecule is CC(C)(C)OC(=O)NCCC(O)C(O)c1ccc2c(c1)C(=O)OC2. The second kappa shape index (κ2) is 7.19. The van der Waals surface area contributed by atoms with Crippen molar-refractivity contribution < 1.29 is 29.3 Å². The molecule has 1 aromatic carbocycles. The van der Waals surface area contributed by atoms with E-state index in [1.54, 1.807) is 32.9 Å². The van der Waals surface area contributed by atoms with E-state index in [1.807, 2.05) is 0 Å². The van der Waals surface area contributed by atoms with Gasteiger partial charge in [0.15, 0.2) is 0 Å². The third-order valence-electron chi connectivity index (χ3n) is 3.53. The second-order valence-electron chi connectivity index (χ2n) is 6.72. The molecule has 0 radical (unpaired) electrons. The first kappa shape index (κ1) is 18.2. The third kappa shape index (κ3) is 4.69. The molecule has 2 rings (SSSR count). The van der Waals surface area contributed by atoms with Crippen LogP contribution in [0.3, 0.4) is 0 Å². The van der Waals surface area contributed by atoms with Crippen LogP contribution in [0.1, 0.15) is 54.8 Å². The van der Waals surface area contributed by atoms with Crippen molar-refractivity contribution in [3.63, 3.8) is 0 Å². The minimum atomic E-state index is -1.16. The van der Waals surface area contributed by atoms with Gasteiger partial charge in [-0.05, 0) is 38.8 Å². The number of ether oxygens (including phenoxy) is 2. The molecule has 0 fully saturated rings. The number of benzene rings is 1. The number of esters is 1. The van der Waals surface area contributed by atoms with Crippen LogP contribution in [0.15, 0.2) is 18.2 Å². The topological polar surface area (TPSA) is 105 Å². The number of amides is 1. The van der Waals surface area contributed by atoms with Crippen LogP contribution in [-0.2, 0) is 16.1 Å². The maximum atomic E-state index is 11.5. The minimum absolute atomic E-state index is 0.141. The van der Waals surface area contributed by atoms with Gasteiger partial charge in [-0.3, -0.25) is 0 Å². The summed E-state index contributed by atoms with van der Waals surface area (Å²) in [6.45, 7) is 5.64. The monoisotopic (exact) mass is 337 g/mol. The van der Waals surface area contributed by atoms with E-state index in [9.17, 15) is 19.8 Å². The highest BCUT2D eigenvalue weighted by molar-refractivity contribution is 5.93. The summed E-state index contributed by atoms with van der Waals surface area (Å²) < 4.78 is 9.99. The number of carbonyl (C=O) groups excluding carboxylic acids is 2. The van der Waals surface area contributed by atoms with Crippen LogP contribution in [0, 0.1) is 0 Å². The summed E-state index contributed by atoms with van der Waals surface area (Å²) in [5.41, 5.74) is 1.00. The molecule has 2 unspecified atom stereocenters. The van der Waals surface area contributed by atoms with Crippen molar-refractivity contribution >= 4 is 12.1 Å². The van der Waals surface area contributed by atoms with Crippen LogP contribution < -0.4 is 5.32 Å². The smallest absolute Gasteiger partial charge is 0.407 e. The Morgan fingerprint density at radius 1 is 1.38 bits per heavy atom. The van der Waals surface area contributed by atoms with Gasteiger partial charge in [0.05, 0.1) is 11.7 Å². The Morgan fingerprint density at radius 3 is 2.75 bits per heavy atom. The molecule has 3 N–H and O–H groups in total. The standard InChI is InChI=1S/C17H23NO6/c1-17(2,3)24-16(22)18-7-6-13(19)14(20)10-4-5-11-9-23-15(21)12(11)8-10/h4-5,8,13-14,19-20H,6-7,9H2,1-3H3,(H,18,22). The summed E-state index contributed by atoms with van der Waals surface area (Å²) in [4.78, 5) is 23.1. The van der Waals surface area contributed by atoms with Gasteiger partial charge in [-0.2, -0.15) is 0 Å². The lowest BCUT2D eigenvalue weighted by molar-refractivity contribution is 0.0122. The Hall–Kier alpha value is -2.12. The first-order chi connectivity index (χ1) is 11.2. The number of aliphatic hydroxyl groups excluding tert-OH is 2. The number of hydrogen-bond acceptors (Lipinski definition) is 6. The lowest BCUT2D eigenvalue weighted by Gasteiger charge is -2.21. The number of hydrogen-bond donors (Lipinski definition) is 3. The predicted octanol–water partition coefficient (Wildman–Crippen LogP) is 1.67. The van der Waals surface area contributed by atoms with E-state index in [1.165, 1.54) is 6.07 Å². The van der Waals surface area contributed by atoms with E-state index in [-0.39, 0.29) is 19.6 Å². The van der Waals surface area contributed by atoms with E-state index in [2.05, 4.69) is 5.32 Å². The number of cyclic esters (lactones) is 1. The first-order valence-corrected chi connectivity index (χ1v) is 7.80. The average molecular weight is 337 g/mol. The van der Waals surface area contributed by atoms with Gasteiger partial charge in [0.2, 0.25) is 0 Å². The molecule has 0 aromatic heterocycles. The molecule has 1 amide bonds. The largest absolute Gasteiger partial charge is 0.457 e. The number of rotatable bonds is 5. The lowest BCUT2D eigenvalue weighted by Crippen LogP contribution is -2.34. The van der Waals surface area contributed by atoms with E-state index in [4.69, 9.17) is 9.47 Å². The number of fused-ring (bicyclic) bond motifs is 1. The van der Waals surface area contributed by atoms with Crippen LogP contribution in [-0.4, -0.2) is 40.5 Å². The zero-order chi connectivity index (χ0) is 17.9. The summed E-state index contributed by atoms with van der Waals surface area (Å²) in [6.07, 6.45) is -2.69. The Kier molecular flexibility index (Phi) is 5.46. The first-order valence-electron chi connectivity index (χ1n) is 7.80. The molecule has 1 aromatic rings. The molecule has 0 bridgehead atoms. The molecule has 1 aliphatic heterocycles. The molecule has 7 nitrogen and oxygen atoms in total. The fourth-order valence-corrected chi connectivity index (χ4v) is 2.33. The molecule has 0 saturated carbocycles. The zero-order valence-corrected chi connectivity index (χ0v) is 14.0. The molecule has 0 saturated heterocycles.